The summed E-state index contributed by atoms with van der Waals surface area (Å²) in [5.74, 6) is 5.48. The van der Waals surface area contributed by atoms with E-state index in [4.69, 9.17) is 0 Å². The van der Waals surface area contributed by atoms with E-state index in [1.807, 2.05) is 12.1 Å². The second-order valence-corrected chi connectivity index (χ2v) is 3.67. The highest BCUT2D eigenvalue weighted by Gasteiger charge is 1.91. The van der Waals surface area contributed by atoms with Crippen molar-refractivity contribution in [2.45, 2.75) is 13.3 Å². The van der Waals surface area contributed by atoms with Crippen molar-refractivity contribution in [1.29, 1.82) is 0 Å². The lowest BCUT2D eigenvalue weighted by Gasteiger charge is -1.95. The van der Waals surface area contributed by atoms with E-state index in [2.05, 4.69) is 35.9 Å². The highest BCUT2D eigenvalue weighted by molar-refractivity contribution is 5.42. The molecule has 1 aromatic heterocycles. The molecule has 0 radical (unpaired) electrons. The molecule has 1 heterocycles. The van der Waals surface area contributed by atoms with E-state index >= 15 is 0 Å². The van der Waals surface area contributed by atoms with Gasteiger partial charge in [0, 0.05) is 17.3 Å². The van der Waals surface area contributed by atoms with Gasteiger partial charge in [-0.3, -0.25) is 0 Å². The van der Waals surface area contributed by atoms with Crippen molar-refractivity contribution in [3.05, 3.63) is 65.2 Å². The van der Waals surface area contributed by atoms with Crippen LogP contribution in [-0.4, -0.2) is 4.98 Å². The van der Waals surface area contributed by atoms with Crippen LogP contribution < -0.4 is 0 Å². The zero-order valence-electron chi connectivity index (χ0n) is 9.57. The Kier molecular flexibility index (Phi) is 3.52. The quantitative estimate of drug-likeness (QED) is 0.536. The summed E-state index contributed by atoms with van der Waals surface area (Å²) in [6.07, 6.45) is 2.46. The van der Waals surface area contributed by atoms with Crippen LogP contribution in [0.3, 0.4) is 0 Å². The lowest BCUT2D eigenvalue weighted by molar-refractivity contribution is 0.583. The van der Waals surface area contributed by atoms with Crippen LogP contribution in [0.15, 0.2) is 42.6 Å². The van der Waals surface area contributed by atoms with Crippen molar-refractivity contribution in [2.75, 3.05) is 0 Å². The van der Waals surface area contributed by atoms with Crippen molar-refractivity contribution in [3.8, 4) is 11.8 Å². The van der Waals surface area contributed by atoms with E-state index in [1.54, 1.807) is 6.07 Å². The number of aromatic nitrogens is 1. The fourth-order valence-electron chi connectivity index (χ4n) is 1.42. The largest absolute Gasteiger partial charge is 0.227 e. The van der Waals surface area contributed by atoms with Gasteiger partial charge in [-0.2, -0.15) is 4.39 Å². The van der Waals surface area contributed by atoms with Gasteiger partial charge in [0.2, 0.25) is 5.95 Å². The zero-order valence-corrected chi connectivity index (χ0v) is 9.57. The number of aryl methyl sites for hydroxylation is 1. The molecule has 1 aromatic carbocycles. The van der Waals surface area contributed by atoms with Crippen LogP contribution in [-0.2, 0) is 6.42 Å². The molecule has 0 saturated carbocycles. The van der Waals surface area contributed by atoms with Crippen molar-refractivity contribution in [3.63, 3.8) is 0 Å². The van der Waals surface area contributed by atoms with Crippen LogP contribution in [0.4, 0.5) is 4.39 Å². The van der Waals surface area contributed by atoms with Gasteiger partial charge in [-0.05, 0) is 36.2 Å². The van der Waals surface area contributed by atoms with Gasteiger partial charge in [-0.15, -0.1) is 0 Å². The van der Waals surface area contributed by atoms with E-state index < -0.39 is 5.95 Å². The fraction of sp³-hybridized carbons (Fsp3) is 0.133. The number of hydrogen-bond acceptors (Lipinski definition) is 1. The second kappa shape index (κ2) is 5.27. The molecule has 0 fully saturated rings. The Morgan fingerprint density at radius 3 is 2.24 bits per heavy atom. The van der Waals surface area contributed by atoms with Crippen LogP contribution in [0.5, 0.6) is 0 Å². The molecular weight excluding hydrogens is 213 g/mol. The predicted molar refractivity (Wildman–Crippen MR) is 66.0 cm³/mol. The topological polar surface area (TPSA) is 12.9 Å². The van der Waals surface area contributed by atoms with E-state index in [-0.39, 0.29) is 0 Å². The summed E-state index contributed by atoms with van der Waals surface area (Å²) in [4.78, 5) is 3.55. The molecule has 84 valence electrons. The Hall–Kier alpha value is -2.14. The molecular formula is C15H12FN. The summed E-state index contributed by atoms with van der Waals surface area (Å²) in [5, 5.41) is 0. The average Bonchev–Trinajstić information content (AvgIpc) is 2.39. The highest BCUT2D eigenvalue weighted by atomic mass is 19.1. The smallest absolute Gasteiger partial charge is 0.212 e. The molecule has 0 spiro atoms. The lowest BCUT2D eigenvalue weighted by atomic mass is 10.1. The normalized spacial score (nSPS) is 9.53. The summed E-state index contributed by atoms with van der Waals surface area (Å²) >= 11 is 0. The Morgan fingerprint density at radius 1 is 1.00 bits per heavy atom. The molecule has 0 aliphatic heterocycles. The molecule has 0 N–H and O–H groups in total. The average molecular weight is 225 g/mol. The number of halogens is 1. The van der Waals surface area contributed by atoms with Gasteiger partial charge in [-0.25, -0.2) is 4.98 Å². The first-order valence-electron chi connectivity index (χ1n) is 5.50. The lowest BCUT2D eigenvalue weighted by Crippen LogP contribution is -1.83. The molecule has 0 aliphatic rings. The maximum atomic E-state index is 12.6. The van der Waals surface area contributed by atoms with Crippen molar-refractivity contribution in [2.24, 2.45) is 0 Å². The molecule has 2 heteroatoms. The molecule has 17 heavy (non-hydrogen) atoms. The molecule has 0 aliphatic carbocycles. The third-order valence-electron chi connectivity index (χ3n) is 2.44. The van der Waals surface area contributed by atoms with E-state index in [0.29, 0.717) is 5.56 Å². The number of pyridine rings is 1. The summed E-state index contributed by atoms with van der Waals surface area (Å²) in [6, 6.07) is 11.0. The van der Waals surface area contributed by atoms with Crippen LogP contribution in [0.2, 0.25) is 0 Å². The Morgan fingerprint density at radius 2 is 1.65 bits per heavy atom. The van der Waals surface area contributed by atoms with Crippen LogP contribution in [0, 0.1) is 17.8 Å². The molecule has 0 saturated heterocycles. The summed E-state index contributed by atoms with van der Waals surface area (Å²) in [5.41, 5.74) is 2.96. The predicted octanol–water partition coefficient (Wildman–Crippen LogP) is 3.18. The van der Waals surface area contributed by atoms with Crippen molar-refractivity contribution < 1.29 is 4.39 Å². The SMILES string of the molecule is CCc1ccc(C#Cc2ccc(F)nc2)cc1. The first-order valence-corrected chi connectivity index (χ1v) is 5.50. The Balaban J connectivity index is 2.17. The number of rotatable bonds is 1. The van der Waals surface area contributed by atoms with Gasteiger partial charge >= 0.3 is 0 Å². The van der Waals surface area contributed by atoms with Gasteiger partial charge in [-0.1, -0.05) is 30.9 Å². The number of nitrogens with zero attached hydrogens (tertiary/aromatic N) is 1. The summed E-state index contributed by atoms with van der Waals surface area (Å²) in [7, 11) is 0. The third kappa shape index (κ3) is 3.15. The molecule has 0 bridgehead atoms. The van der Waals surface area contributed by atoms with Gasteiger partial charge in [0.15, 0.2) is 0 Å². The standard InChI is InChI=1S/C15H12FN/c1-2-12-3-5-13(6-4-12)7-8-14-9-10-15(16)17-11-14/h3-6,9-11H,2H2,1H3. The van der Waals surface area contributed by atoms with Crippen LogP contribution >= 0.6 is 0 Å². The van der Waals surface area contributed by atoms with E-state index in [0.717, 1.165) is 12.0 Å². The molecule has 0 unspecified atom stereocenters. The summed E-state index contributed by atoms with van der Waals surface area (Å²) in [6.45, 7) is 2.12. The van der Waals surface area contributed by atoms with Crippen LogP contribution in [0.1, 0.15) is 23.6 Å². The van der Waals surface area contributed by atoms with Gasteiger partial charge < -0.3 is 0 Å². The highest BCUT2D eigenvalue weighted by Crippen LogP contribution is 2.04. The molecule has 1 nitrogen and oxygen atoms in total. The second-order valence-electron chi connectivity index (χ2n) is 3.67. The summed E-state index contributed by atoms with van der Waals surface area (Å²) < 4.78 is 12.6. The van der Waals surface area contributed by atoms with E-state index in [9.17, 15) is 4.39 Å². The first-order chi connectivity index (χ1) is 8.28. The van der Waals surface area contributed by atoms with E-state index in [1.165, 1.54) is 17.8 Å². The maximum absolute atomic E-state index is 12.6. The molecule has 0 atom stereocenters. The first kappa shape index (κ1) is 11.3. The third-order valence-corrected chi connectivity index (χ3v) is 2.44. The maximum Gasteiger partial charge on any atom is 0.212 e. The Bertz CT molecular complexity index is 544. The zero-order chi connectivity index (χ0) is 12.1. The van der Waals surface area contributed by atoms with Crippen LogP contribution in [0.25, 0.3) is 0 Å². The Labute approximate surface area is 100 Å². The molecule has 0 amide bonds. The number of benzene rings is 1. The minimum absolute atomic E-state index is 0.483. The van der Waals surface area contributed by atoms with Gasteiger partial charge in [0.1, 0.15) is 0 Å². The van der Waals surface area contributed by atoms with Gasteiger partial charge in [0.05, 0.1) is 0 Å². The van der Waals surface area contributed by atoms with Crippen molar-refractivity contribution in [1.82, 2.24) is 4.98 Å². The number of hydrogen-bond donors (Lipinski definition) is 0. The fourth-order valence-corrected chi connectivity index (χ4v) is 1.42. The monoisotopic (exact) mass is 225 g/mol. The van der Waals surface area contributed by atoms with Crippen molar-refractivity contribution >= 4 is 0 Å². The van der Waals surface area contributed by atoms with Gasteiger partial charge in [0.25, 0.3) is 0 Å². The molecule has 2 aromatic rings. The molecule has 2 rings (SSSR count). The minimum atomic E-state index is -0.483. The minimum Gasteiger partial charge on any atom is -0.227 e.